The zero-order valence-corrected chi connectivity index (χ0v) is 3.96. The van der Waals surface area contributed by atoms with E-state index < -0.39 is 0 Å². The molecule has 0 spiro atoms. The van der Waals surface area contributed by atoms with Crippen LogP contribution in [0, 0.1) is 6.58 Å². The third-order valence-corrected chi connectivity index (χ3v) is 0. The summed E-state index contributed by atoms with van der Waals surface area (Å²) in [7, 11) is 0. The first-order chi connectivity index (χ1) is 2.41. The summed E-state index contributed by atoms with van der Waals surface area (Å²) in [6, 6.07) is 0. The molecule has 40 valence electrons. The summed E-state index contributed by atoms with van der Waals surface area (Å²) in [6.45, 7) is 6.75. The number of carboxylic acid groups (broad SMARTS) is 1. The van der Waals surface area contributed by atoms with E-state index in [0.717, 1.165) is 0 Å². The molecule has 0 bridgehead atoms. The van der Waals surface area contributed by atoms with Gasteiger partial charge in [-0.15, -0.1) is 0 Å². The molecule has 0 aromatic carbocycles. The summed E-state index contributed by atoms with van der Waals surface area (Å²) in [4.78, 5) is 8.36. The Balaban J connectivity index is -0.0000000275. The number of hydrogen-bond donors (Lipinski definition) is 1. The van der Waals surface area contributed by atoms with Crippen molar-refractivity contribution < 1.29 is 27.0 Å². The zero-order valence-electron chi connectivity index (χ0n) is 3.02. The van der Waals surface area contributed by atoms with Gasteiger partial charge in [-0.3, -0.25) is 11.4 Å². The van der Waals surface area contributed by atoms with Crippen LogP contribution in [0.5, 0.6) is 0 Å². The van der Waals surface area contributed by atoms with Gasteiger partial charge >= 0.3 is 17.1 Å². The van der Waals surface area contributed by atoms with E-state index in [4.69, 9.17) is 9.90 Å². The SMILES string of the molecule is O=CO.[CH-]=C.[Cu+]. The van der Waals surface area contributed by atoms with Gasteiger partial charge < -0.3 is 11.7 Å². The van der Waals surface area contributed by atoms with Gasteiger partial charge in [0.05, 0.1) is 0 Å². The molecule has 3 heteroatoms. The van der Waals surface area contributed by atoms with Crippen molar-refractivity contribution >= 4 is 6.47 Å². The van der Waals surface area contributed by atoms with Crippen LogP contribution in [0.15, 0.2) is 6.58 Å². The van der Waals surface area contributed by atoms with E-state index in [1.54, 1.807) is 0 Å². The Morgan fingerprint density at radius 3 is 1.67 bits per heavy atom. The van der Waals surface area contributed by atoms with Crippen molar-refractivity contribution in [2.75, 3.05) is 0 Å². The first kappa shape index (κ1) is 17.2. The summed E-state index contributed by atoms with van der Waals surface area (Å²) in [5, 5.41) is 6.89. The van der Waals surface area contributed by atoms with Crippen LogP contribution in [0.4, 0.5) is 0 Å². The summed E-state index contributed by atoms with van der Waals surface area (Å²) < 4.78 is 0. The average molecular weight is 137 g/mol. The van der Waals surface area contributed by atoms with E-state index in [0.29, 0.717) is 0 Å². The third-order valence-electron chi connectivity index (χ3n) is 0. The molecule has 0 atom stereocenters. The minimum Gasteiger partial charge on any atom is -0.521 e. The van der Waals surface area contributed by atoms with E-state index in [2.05, 4.69) is 13.2 Å². The van der Waals surface area contributed by atoms with E-state index in [9.17, 15) is 0 Å². The molecular weight excluding hydrogens is 132 g/mol. The Morgan fingerprint density at radius 2 is 1.67 bits per heavy atom. The molecule has 0 aliphatic rings. The maximum Gasteiger partial charge on any atom is 1.00 e. The predicted molar refractivity (Wildman–Crippen MR) is 18.6 cm³/mol. The molecule has 0 amide bonds. The second kappa shape index (κ2) is 124. The number of carbonyl (C=O) groups is 1. The van der Waals surface area contributed by atoms with Crippen LogP contribution >= 0.6 is 0 Å². The Labute approximate surface area is 47.3 Å². The first-order valence-corrected chi connectivity index (χ1v) is 0.902. The molecule has 0 rings (SSSR count). The molecule has 1 N–H and O–H groups in total. The maximum absolute atomic E-state index is 8.36. The number of rotatable bonds is 0. The van der Waals surface area contributed by atoms with Crippen molar-refractivity contribution in [3.8, 4) is 0 Å². The summed E-state index contributed by atoms with van der Waals surface area (Å²) in [5.74, 6) is 0. The predicted octanol–water partition coefficient (Wildman–Crippen LogP) is 0.304. The van der Waals surface area contributed by atoms with Crippen LogP contribution in [-0.2, 0) is 21.9 Å². The molecule has 0 saturated heterocycles. The zero-order chi connectivity index (χ0) is 4.71. The van der Waals surface area contributed by atoms with Gasteiger partial charge in [0, 0.05) is 0 Å². The minimum absolute atomic E-state index is 0. The smallest absolute Gasteiger partial charge is 0.521 e. The summed E-state index contributed by atoms with van der Waals surface area (Å²) in [6.07, 6.45) is 0. The molecule has 0 aromatic heterocycles. The Bertz CT molecular complexity index is 22.8. The maximum atomic E-state index is 8.36. The monoisotopic (exact) mass is 136 g/mol. The quantitative estimate of drug-likeness (QED) is 0.296. The molecule has 6 heavy (non-hydrogen) atoms. The van der Waals surface area contributed by atoms with Crippen LogP contribution < -0.4 is 0 Å². The van der Waals surface area contributed by atoms with E-state index >= 15 is 0 Å². The fraction of sp³-hybridized carbons (Fsp3) is 0. The third kappa shape index (κ3) is 380. The fourth-order valence-electron chi connectivity index (χ4n) is 0. The van der Waals surface area contributed by atoms with Crippen LogP contribution in [0.1, 0.15) is 0 Å². The Hall–Kier alpha value is -0.271. The molecule has 0 unspecified atom stereocenters. The standard InChI is InChI=1S/C2H3.CH2O2.Cu/c1-2;2-1-3;/h1H,2H2;1H,(H,2,3);/q-1;;+1. The molecule has 0 aliphatic heterocycles. The van der Waals surface area contributed by atoms with Gasteiger partial charge in [-0.05, 0) is 0 Å². The van der Waals surface area contributed by atoms with Crippen molar-refractivity contribution in [2.24, 2.45) is 0 Å². The molecule has 0 aromatic rings. The van der Waals surface area contributed by atoms with Crippen molar-refractivity contribution in [3.05, 3.63) is 13.2 Å². The average Bonchev–Trinajstić information content (AvgIpc) is 1.46. The molecule has 0 heterocycles. The molecule has 0 fully saturated rings. The molecule has 0 saturated carbocycles. The molecular formula is C3H5CuO2. The molecule has 0 radical (unpaired) electrons. The Morgan fingerprint density at radius 1 is 1.67 bits per heavy atom. The van der Waals surface area contributed by atoms with Gasteiger partial charge in [-0.2, -0.15) is 0 Å². The second-order valence-electron chi connectivity index (χ2n) is 0.105. The molecule has 2 nitrogen and oxygen atoms in total. The summed E-state index contributed by atoms with van der Waals surface area (Å²) >= 11 is 0. The van der Waals surface area contributed by atoms with Gasteiger partial charge in [-0.1, -0.05) is 0 Å². The number of hydrogen-bond acceptors (Lipinski definition) is 1. The first-order valence-electron chi connectivity index (χ1n) is 0.902. The van der Waals surface area contributed by atoms with Gasteiger partial charge in [0.1, 0.15) is 0 Å². The van der Waals surface area contributed by atoms with E-state index in [1.807, 2.05) is 0 Å². The normalized spacial score (nSPS) is 2.67. The van der Waals surface area contributed by atoms with Crippen LogP contribution in [-0.4, -0.2) is 11.6 Å². The van der Waals surface area contributed by atoms with Crippen molar-refractivity contribution in [1.29, 1.82) is 0 Å². The second-order valence-corrected chi connectivity index (χ2v) is 0.105. The minimum atomic E-state index is -0.250. The van der Waals surface area contributed by atoms with E-state index in [1.165, 1.54) is 0 Å². The van der Waals surface area contributed by atoms with Crippen LogP contribution in [0.2, 0.25) is 0 Å². The van der Waals surface area contributed by atoms with E-state index in [-0.39, 0.29) is 23.5 Å². The van der Waals surface area contributed by atoms with Crippen molar-refractivity contribution in [3.63, 3.8) is 0 Å². The van der Waals surface area contributed by atoms with Gasteiger partial charge in [0.2, 0.25) is 0 Å². The van der Waals surface area contributed by atoms with Crippen LogP contribution in [0.3, 0.4) is 0 Å². The summed E-state index contributed by atoms with van der Waals surface area (Å²) in [5.41, 5.74) is 0. The van der Waals surface area contributed by atoms with Crippen LogP contribution in [0.25, 0.3) is 0 Å². The van der Waals surface area contributed by atoms with Gasteiger partial charge in [0.25, 0.3) is 6.47 Å². The molecule has 0 aliphatic carbocycles. The largest absolute Gasteiger partial charge is 1.00 e. The Kier molecular flexibility index (Phi) is 354. The topological polar surface area (TPSA) is 37.3 Å². The van der Waals surface area contributed by atoms with Gasteiger partial charge in [0.15, 0.2) is 0 Å². The van der Waals surface area contributed by atoms with Gasteiger partial charge in [-0.25, -0.2) is 0 Å². The van der Waals surface area contributed by atoms with Crippen molar-refractivity contribution in [1.82, 2.24) is 0 Å². The van der Waals surface area contributed by atoms with Crippen molar-refractivity contribution in [2.45, 2.75) is 0 Å². The fourth-order valence-corrected chi connectivity index (χ4v) is 0.